The van der Waals surface area contributed by atoms with E-state index < -0.39 is 0 Å². The van der Waals surface area contributed by atoms with Gasteiger partial charge in [0, 0.05) is 24.5 Å². The molecule has 0 saturated carbocycles. The van der Waals surface area contributed by atoms with Crippen LogP contribution in [0.5, 0.6) is 0 Å². The van der Waals surface area contributed by atoms with Crippen LogP contribution in [0.25, 0.3) is 11.4 Å². The summed E-state index contributed by atoms with van der Waals surface area (Å²) in [5.74, 6) is 0.283. The SMILES string of the molecule is Cc1ccc(CNC(=O)Cn2nnc(-c3cccnc3)n2)cc1. The highest BCUT2D eigenvalue weighted by molar-refractivity contribution is 5.75. The van der Waals surface area contributed by atoms with Crippen LogP contribution < -0.4 is 5.32 Å². The van der Waals surface area contributed by atoms with Crippen LogP contribution in [0.2, 0.25) is 0 Å². The van der Waals surface area contributed by atoms with Crippen LogP contribution in [0.3, 0.4) is 0 Å². The van der Waals surface area contributed by atoms with Crippen molar-refractivity contribution in [3.63, 3.8) is 0 Å². The molecule has 1 N–H and O–H groups in total. The summed E-state index contributed by atoms with van der Waals surface area (Å²) < 4.78 is 0. The van der Waals surface area contributed by atoms with E-state index in [0.717, 1.165) is 11.1 Å². The molecule has 2 heterocycles. The van der Waals surface area contributed by atoms with Crippen LogP contribution in [-0.4, -0.2) is 31.1 Å². The maximum atomic E-state index is 11.9. The predicted octanol–water partition coefficient (Wildman–Crippen LogP) is 1.36. The van der Waals surface area contributed by atoms with Gasteiger partial charge >= 0.3 is 0 Å². The fourth-order valence-corrected chi connectivity index (χ4v) is 2.01. The fraction of sp³-hybridized carbons (Fsp3) is 0.188. The Bertz CT molecular complexity index is 782. The zero-order chi connectivity index (χ0) is 16.1. The van der Waals surface area contributed by atoms with E-state index in [4.69, 9.17) is 0 Å². The summed E-state index contributed by atoms with van der Waals surface area (Å²) in [6.07, 6.45) is 3.32. The number of nitrogens with zero attached hydrogens (tertiary/aromatic N) is 5. The molecular weight excluding hydrogens is 292 g/mol. The first-order valence-electron chi connectivity index (χ1n) is 7.21. The van der Waals surface area contributed by atoms with Crippen molar-refractivity contribution < 1.29 is 4.79 Å². The van der Waals surface area contributed by atoms with Crippen molar-refractivity contribution in [1.29, 1.82) is 0 Å². The molecule has 2 aromatic heterocycles. The third-order valence-electron chi connectivity index (χ3n) is 3.27. The summed E-state index contributed by atoms with van der Waals surface area (Å²) in [7, 11) is 0. The second-order valence-electron chi connectivity index (χ2n) is 5.15. The molecule has 0 fully saturated rings. The van der Waals surface area contributed by atoms with E-state index >= 15 is 0 Å². The Morgan fingerprint density at radius 2 is 2.04 bits per heavy atom. The standard InChI is InChI=1S/C16H16N6O/c1-12-4-6-13(7-5-12)9-18-15(23)11-22-20-16(19-21-22)14-3-2-8-17-10-14/h2-8,10H,9,11H2,1H3,(H,18,23). The van der Waals surface area contributed by atoms with Crippen molar-refractivity contribution in [3.05, 3.63) is 59.9 Å². The molecule has 7 heteroatoms. The van der Waals surface area contributed by atoms with E-state index in [9.17, 15) is 4.79 Å². The summed E-state index contributed by atoms with van der Waals surface area (Å²) in [5, 5.41) is 14.8. The third kappa shape index (κ3) is 3.97. The van der Waals surface area contributed by atoms with Crippen molar-refractivity contribution in [2.45, 2.75) is 20.0 Å². The normalized spacial score (nSPS) is 10.5. The quantitative estimate of drug-likeness (QED) is 0.769. The van der Waals surface area contributed by atoms with E-state index in [2.05, 4.69) is 25.7 Å². The van der Waals surface area contributed by atoms with Crippen LogP contribution in [0.15, 0.2) is 48.8 Å². The van der Waals surface area contributed by atoms with Gasteiger partial charge in [0.25, 0.3) is 0 Å². The maximum Gasteiger partial charge on any atom is 0.243 e. The van der Waals surface area contributed by atoms with Gasteiger partial charge in [0.1, 0.15) is 6.54 Å². The molecule has 23 heavy (non-hydrogen) atoms. The van der Waals surface area contributed by atoms with Crippen LogP contribution >= 0.6 is 0 Å². The molecule has 0 saturated heterocycles. The highest BCUT2D eigenvalue weighted by atomic mass is 16.2. The molecule has 0 aliphatic rings. The average Bonchev–Trinajstić information content (AvgIpc) is 3.04. The summed E-state index contributed by atoms with van der Waals surface area (Å²) in [5.41, 5.74) is 3.00. The Labute approximate surface area is 133 Å². The van der Waals surface area contributed by atoms with Gasteiger partial charge in [-0.15, -0.1) is 10.2 Å². The number of rotatable bonds is 5. The molecule has 116 valence electrons. The van der Waals surface area contributed by atoms with Crippen molar-refractivity contribution >= 4 is 5.91 Å². The predicted molar refractivity (Wildman–Crippen MR) is 84.1 cm³/mol. The molecule has 0 bridgehead atoms. The van der Waals surface area contributed by atoms with Gasteiger partial charge in [0.05, 0.1) is 0 Å². The van der Waals surface area contributed by atoms with Gasteiger partial charge < -0.3 is 5.32 Å². The average molecular weight is 308 g/mol. The van der Waals surface area contributed by atoms with E-state index in [1.54, 1.807) is 18.5 Å². The first kappa shape index (κ1) is 14.8. The van der Waals surface area contributed by atoms with Gasteiger partial charge in [0.2, 0.25) is 11.7 Å². The van der Waals surface area contributed by atoms with Gasteiger partial charge in [-0.2, -0.15) is 4.80 Å². The largest absolute Gasteiger partial charge is 0.350 e. The minimum atomic E-state index is -0.166. The number of carbonyl (C=O) groups excluding carboxylic acids is 1. The fourth-order valence-electron chi connectivity index (χ4n) is 2.01. The third-order valence-corrected chi connectivity index (χ3v) is 3.27. The van der Waals surface area contributed by atoms with Crippen molar-refractivity contribution in [2.75, 3.05) is 0 Å². The lowest BCUT2D eigenvalue weighted by molar-refractivity contribution is -0.122. The van der Waals surface area contributed by atoms with Gasteiger partial charge in [-0.25, -0.2) is 0 Å². The number of amides is 1. The topological polar surface area (TPSA) is 85.6 Å². The number of hydrogen-bond acceptors (Lipinski definition) is 5. The van der Waals surface area contributed by atoms with Gasteiger partial charge in [-0.05, 0) is 29.8 Å². The Morgan fingerprint density at radius 3 is 2.78 bits per heavy atom. The molecule has 3 aromatic rings. The molecule has 7 nitrogen and oxygen atoms in total. The van der Waals surface area contributed by atoms with Crippen LogP contribution in [0, 0.1) is 6.92 Å². The zero-order valence-electron chi connectivity index (χ0n) is 12.7. The Morgan fingerprint density at radius 1 is 1.22 bits per heavy atom. The van der Waals surface area contributed by atoms with Crippen molar-refractivity contribution in [2.24, 2.45) is 0 Å². The first-order chi connectivity index (χ1) is 11.2. The molecular formula is C16H16N6O. The first-order valence-corrected chi connectivity index (χ1v) is 7.21. The lowest BCUT2D eigenvalue weighted by Crippen LogP contribution is -2.28. The molecule has 0 spiro atoms. The van der Waals surface area contributed by atoms with Crippen LogP contribution in [-0.2, 0) is 17.9 Å². The van der Waals surface area contributed by atoms with Gasteiger partial charge in [-0.3, -0.25) is 9.78 Å². The van der Waals surface area contributed by atoms with Gasteiger partial charge in [-0.1, -0.05) is 29.8 Å². The molecule has 0 atom stereocenters. The Balaban J connectivity index is 1.56. The van der Waals surface area contributed by atoms with E-state index in [1.165, 1.54) is 10.4 Å². The Kier molecular flexibility index (Phi) is 4.37. The summed E-state index contributed by atoms with van der Waals surface area (Å²) in [4.78, 5) is 17.2. The monoisotopic (exact) mass is 308 g/mol. The summed E-state index contributed by atoms with van der Waals surface area (Å²) in [6.45, 7) is 2.53. The molecule has 1 aromatic carbocycles. The van der Waals surface area contributed by atoms with E-state index in [-0.39, 0.29) is 12.5 Å². The minimum absolute atomic E-state index is 0.0269. The maximum absolute atomic E-state index is 11.9. The number of pyridine rings is 1. The van der Waals surface area contributed by atoms with Crippen molar-refractivity contribution in [3.8, 4) is 11.4 Å². The molecule has 0 aliphatic heterocycles. The number of hydrogen-bond donors (Lipinski definition) is 1. The second kappa shape index (κ2) is 6.78. The molecule has 0 aliphatic carbocycles. The number of aromatic nitrogens is 5. The number of benzene rings is 1. The van der Waals surface area contributed by atoms with E-state index in [0.29, 0.717) is 12.4 Å². The van der Waals surface area contributed by atoms with Gasteiger partial charge in [0.15, 0.2) is 0 Å². The molecule has 1 amide bonds. The lowest BCUT2D eigenvalue weighted by Gasteiger charge is -2.05. The number of carbonyl (C=O) groups is 1. The van der Waals surface area contributed by atoms with Crippen LogP contribution in [0.1, 0.15) is 11.1 Å². The highest BCUT2D eigenvalue weighted by Crippen LogP contribution is 2.10. The number of aryl methyl sites for hydroxylation is 1. The van der Waals surface area contributed by atoms with E-state index in [1.807, 2.05) is 37.3 Å². The summed E-state index contributed by atoms with van der Waals surface area (Å²) in [6, 6.07) is 11.6. The number of nitrogens with one attached hydrogen (secondary N) is 1. The molecule has 3 rings (SSSR count). The number of tetrazole rings is 1. The smallest absolute Gasteiger partial charge is 0.243 e. The zero-order valence-corrected chi connectivity index (χ0v) is 12.7. The minimum Gasteiger partial charge on any atom is -0.350 e. The lowest BCUT2D eigenvalue weighted by atomic mass is 10.1. The highest BCUT2D eigenvalue weighted by Gasteiger charge is 2.09. The second-order valence-corrected chi connectivity index (χ2v) is 5.15. The van der Waals surface area contributed by atoms with Crippen molar-refractivity contribution in [1.82, 2.24) is 30.5 Å². The van der Waals surface area contributed by atoms with Crippen LogP contribution in [0.4, 0.5) is 0 Å². The Hall–Kier alpha value is -3.09. The molecule has 0 unspecified atom stereocenters. The summed E-state index contributed by atoms with van der Waals surface area (Å²) >= 11 is 0. The molecule has 0 radical (unpaired) electrons.